The molecule has 0 bridgehead atoms. The van der Waals surface area contributed by atoms with E-state index in [0.717, 1.165) is 32.7 Å². The van der Waals surface area contributed by atoms with Crippen LogP contribution in [-0.4, -0.2) is 63.5 Å². The fourth-order valence-electron chi connectivity index (χ4n) is 4.52. The van der Waals surface area contributed by atoms with Crippen LogP contribution in [0.4, 0.5) is 11.4 Å². The molecule has 0 saturated carbocycles. The maximum Gasteiger partial charge on any atom is 0.262 e. The van der Waals surface area contributed by atoms with Crippen LogP contribution in [0.25, 0.3) is 0 Å². The normalized spacial score (nSPS) is 13.9. The standard InChI is InChI=1S/C30H29Cl2N5O4S/c31-23-7-10-28(26(32)21-23)41-29-4-2-1-3-27(29)35-42(39,40)25-8-5-22(6-9-25)30(38)34-15-16-36-17-19-37(20-18-36)24-11-13-33-14-12-24/h1-14,21,35H,15-20H2,(H,34,38). The average molecular weight is 627 g/mol. The summed E-state index contributed by atoms with van der Waals surface area (Å²) in [5, 5.41) is 3.67. The molecule has 0 spiro atoms. The quantitative estimate of drug-likeness (QED) is 0.239. The second-order valence-electron chi connectivity index (χ2n) is 9.59. The van der Waals surface area contributed by atoms with Crippen molar-refractivity contribution in [1.82, 2.24) is 15.2 Å². The molecule has 9 nitrogen and oxygen atoms in total. The van der Waals surface area contributed by atoms with Crippen LogP contribution in [0.5, 0.6) is 11.5 Å². The molecule has 0 radical (unpaired) electrons. The van der Waals surface area contributed by atoms with Gasteiger partial charge in [-0.15, -0.1) is 0 Å². The smallest absolute Gasteiger partial charge is 0.262 e. The van der Waals surface area contributed by atoms with E-state index in [-0.39, 0.29) is 27.3 Å². The lowest BCUT2D eigenvalue weighted by molar-refractivity contribution is 0.0947. The van der Waals surface area contributed by atoms with Gasteiger partial charge < -0.3 is 15.0 Å². The Bertz CT molecular complexity index is 1630. The fraction of sp³-hybridized carbons (Fsp3) is 0.200. The predicted molar refractivity (Wildman–Crippen MR) is 165 cm³/mol. The number of hydrogen-bond acceptors (Lipinski definition) is 7. The first-order valence-electron chi connectivity index (χ1n) is 13.3. The number of amides is 1. The topological polar surface area (TPSA) is 104 Å². The van der Waals surface area contributed by atoms with E-state index in [2.05, 4.69) is 24.8 Å². The van der Waals surface area contributed by atoms with Crippen molar-refractivity contribution in [3.05, 3.63) is 107 Å². The Balaban J connectivity index is 1.14. The van der Waals surface area contributed by atoms with Crippen LogP contribution >= 0.6 is 23.2 Å². The van der Waals surface area contributed by atoms with E-state index in [0.29, 0.717) is 22.9 Å². The van der Waals surface area contributed by atoms with Gasteiger partial charge in [0.15, 0.2) is 5.75 Å². The number of hydrogen-bond donors (Lipinski definition) is 2. The Hall–Kier alpha value is -3.83. The van der Waals surface area contributed by atoms with Crippen LogP contribution < -0.4 is 19.7 Å². The minimum atomic E-state index is -3.97. The summed E-state index contributed by atoms with van der Waals surface area (Å²) in [5.74, 6) is 0.330. The van der Waals surface area contributed by atoms with Gasteiger partial charge in [0.2, 0.25) is 0 Å². The number of rotatable bonds is 10. The highest BCUT2D eigenvalue weighted by Gasteiger charge is 2.19. The minimum Gasteiger partial charge on any atom is -0.454 e. The van der Waals surface area contributed by atoms with Gasteiger partial charge in [-0.3, -0.25) is 19.4 Å². The molecule has 4 aromatic rings. The van der Waals surface area contributed by atoms with Crippen molar-refractivity contribution in [2.75, 3.05) is 48.9 Å². The molecule has 1 fully saturated rings. The number of para-hydroxylation sites is 2. The number of halogens is 2. The Morgan fingerprint density at radius 2 is 1.60 bits per heavy atom. The molecule has 1 aromatic heterocycles. The molecule has 1 aliphatic heterocycles. The molecular formula is C30H29Cl2N5O4S. The summed E-state index contributed by atoms with van der Waals surface area (Å²) >= 11 is 12.2. The van der Waals surface area contributed by atoms with E-state index in [1.807, 2.05) is 12.1 Å². The molecule has 2 N–H and O–H groups in total. The molecule has 5 rings (SSSR count). The number of nitrogens with zero attached hydrogens (tertiary/aromatic N) is 3. The number of carbonyl (C=O) groups excluding carboxylic acids is 1. The van der Waals surface area contributed by atoms with Crippen molar-refractivity contribution in [2.45, 2.75) is 4.90 Å². The number of nitrogens with one attached hydrogen (secondary N) is 2. The fourth-order valence-corrected chi connectivity index (χ4v) is 6.04. The molecular weight excluding hydrogens is 597 g/mol. The highest BCUT2D eigenvalue weighted by molar-refractivity contribution is 7.92. The van der Waals surface area contributed by atoms with Gasteiger partial charge in [0.1, 0.15) is 5.75 Å². The van der Waals surface area contributed by atoms with Gasteiger partial charge in [0, 0.05) is 67.9 Å². The molecule has 1 aliphatic rings. The van der Waals surface area contributed by atoms with Gasteiger partial charge >= 0.3 is 0 Å². The van der Waals surface area contributed by atoms with Crippen molar-refractivity contribution in [3.8, 4) is 11.5 Å². The molecule has 0 aliphatic carbocycles. The Morgan fingerprint density at radius 3 is 2.31 bits per heavy atom. The van der Waals surface area contributed by atoms with Gasteiger partial charge in [-0.1, -0.05) is 35.3 Å². The zero-order chi connectivity index (χ0) is 29.5. The highest BCUT2D eigenvalue weighted by Crippen LogP contribution is 2.35. The maximum atomic E-state index is 13.1. The van der Waals surface area contributed by atoms with E-state index in [1.54, 1.807) is 48.8 Å². The van der Waals surface area contributed by atoms with Gasteiger partial charge in [-0.05, 0) is 66.7 Å². The number of aromatic nitrogens is 1. The Kier molecular flexibility index (Phi) is 9.48. The minimum absolute atomic E-state index is 0.00504. The summed E-state index contributed by atoms with van der Waals surface area (Å²) in [6.45, 7) is 4.84. The van der Waals surface area contributed by atoms with Crippen molar-refractivity contribution >= 4 is 50.5 Å². The largest absolute Gasteiger partial charge is 0.454 e. The maximum absolute atomic E-state index is 13.1. The molecule has 1 saturated heterocycles. The average Bonchev–Trinajstić information content (AvgIpc) is 3.00. The lowest BCUT2D eigenvalue weighted by Crippen LogP contribution is -2.48. The summed E-state index contributed by atoms with van der Waals surface area (Å²) < 4.78 is 34.7. The number of pyridine rings is 1. The Labute approximate surface area is 255 Å². The van der Waals surface area contributed by atoms with Crippen LogP contribution in [0.15, 0.2) is 96.2 Å². The molecule has 1 amide bonds. The number of anilines is 2. The molecule has 42 heavy (non-hydrogen) atoms. The summed E-state index contributed by atoms with van der Waals surface area (Å²) in [6.07, 6.45) is 3.59. The number of sulfonamides is 1. The summed E-state index contributed by atoms with van der Waals surface area (Å²) in [7, 11) is -3.97. The SMILES string of the molecule is O=C(NCCN1CCN(c2ccncc2)CC1)c1ccc(S(=O)(=O)Nc2ccccc2Oc2ccc(Cl)cc2Cl)cc1. The third kappa shape index (κ3) is 7.51. The van der Waals surface area contributed by atoms with Gasteiger partial charge in [0.05, 0.1) is 15.6 Å². The molecule has 3 aromatic carbocycles. The number of carbonyl (C=O) groups is 1. The van der Waals surface area contributed by atoms with Gasteiger partial charge in [-0.25, -0.2) is 8.42 Å². The third-order valence-corrected chi connectivity index (χ3v) is 8.70. The molecule has 12 heteroatoms. The first kappa shape index (κ1) is 29.7. The second-order valence-corrected chi connectivity index (χ2v) is 12.1. The molecule has 0 atom stereocenters. The van der Waals surface area contributed by atoms with Gasteiger partial charge in [0.25, 0.3) is 15.9 Å². The van der Waals surface area contributed by atoms with Crippen LogP contribution in [0.1, 0.15) is 10.4 Å². The van der Waals surface area contributed by atoms with E-state index >= 15 is 0 Å². The van der Waals surface area contributed by atoms with E-state index < -0.39 is 10.0 Å². The summed E-state index contributed by atoms with van der Waals surface area (Å²) in [5.41, 5.74) is 1.77. The lowest BCUT2D eigenvalue weighted by Gasteiger charge is -2.36. The number of benzene rings is 3. The van der Waals surface area contributed by atoms with Crippen molar-refractivity contribution < 1.29 is 17.9 Å². The highest BCUT2D eigenvalue weighted by atomic mass is 35.5. The van der Waals surface area contributed by atoms with Crippen molar-refractivity contribution in [3.63, 3.8) is 0 Å². The zero-order valence-electron chi connectivity index (χ0n) is 22.5. The van der Waals surface area contributed by atoms with Crippen LogP contribution in [-0.2, 0) is 10.0 Å². The van der Waals surface area contributed by atoms with Crippen molar-refractivity contribution in [1.29, 1.82) is 0 Å². The van der Waals surface area contributed by atoms with E-state index in [1.165, 1.54) is 36.0 Å². The first-order valence-corrected chi connectivity index (χ1v) is 15.5. The van der Waals surface area contributed by atoms with Crippen LogP contribution in [0, 0.1) is 0 Å². The summed E-state index contributed by atoms with van der Waals surface area (Å²) in [6, 6.07) is 21.2. The first-order chi connectivity index (χ1) is 20.3. The van der Waals surface area contributed by atoms with Crippen LogP contribution in [0.3, 0.4) is 0 Å². The van der Waals surface area contributed by atoms with E-state index in [9.17, 15) is 13.2 Å². The molecule has 2 heterocycles. The van der Waals surface area contributed by atoms with Crippen molar-refractivity contribution in [2.24, 2.45) is 0 Å². The summed E-state index contributed by atoms with van der Waals surface area (Å²) in [4.78, 5) is 21.4. The third-order valence-electron chi connectivity index (χ3n) is 6.79. The number of ether oxygens (including phenoxy) is 1. The number of piperazine rings is 1. The monoisotopic (exact) mass is 625 g/mol. The second kappa shape index (κ2) is 13.4. The predicted octanol–water partition coefficient (Wildman–Crippen LogP) is 5.53. The lowest BCUT2D eigenvalue weighted by atomic mass is 10.2. The zero-order valence-corrected chi connectivity index (χ0v) is 24.9. The Morgan fingerprint density at radius 1 is 0.881 bits per heavy atom. The van der Waals surface area contributed by atoms with E-state index in [4.69, 9.17) is 27.9 Å². The molecule has 0 unspecified atom stereocenters. The van der Waals surface area contributed by atoms with Gasteiger partial charge in [-0.2, -0.15) is 0 Å². The molecule has 218 valence electrons. The van der Waals surface area contributed by atoms with Crippen LogP contribution in [0.2, 0.25) is 10.0 Å².